The van der Waals surface area contributed by atoms with Crippen LogP contribution in [0.3, 0.4) is 0 Å². The maximum absolute atomic E-state index is 11.9. The first kappa shape index (κ1) is 21.3. The summed E-state index contributed by atoms with van der Waals surface area (Å²) in [5.41, 5.74) is 7.48. The highest BCUT2D eigenvalue weighted by Gasteiger charge is 2.27. The van der Waals surface area contributed by atoms with Crippen molar-refractivity contribution in [3.05, 3.63) is 54.4 Å². The van der Waals surface area contributed by atoms with E-state index >= 15 is 0 Å². The molecule has 4 N–H and O–H groups in total. The average Bonchev–Trinajstić information content (AvgIpc) is 2.73. The second-order valence-electron chi connectivity index (χ2n) is 7.63. The molecule has 3 rings (SSSR count). The molecule has 0 spiro atoms. The van der Waals surface area contributed by atoms with Gasteiger partial charge in [0.15, 0.2) is 11.5 Å². The van der Waals surface area contributed by atoms with Crippen LogP contribution in [0.15, 0.2) is 43.1 Å². The van der Waals surface area contributed by atoms with Gasteiger partial charge in [0.25, 0.3) is 5.91 Å². The summed E-state index contributed by atoms with van der Waals surface area (Å²) in [7, 11) is 1.95. The molecule has 30 heavy (non-hydrogen) atoms. The van der Waals surface area contributed by atoms with Crippen LogP contribution in [0, 0.1) is 6.92 Å². The second-order valence-corrected chi connectivity index (χ2v) is 7.63. The number of aromatic nitrogens is 2. The number of carbonyl (C=O) groups is 2. The number of anilines is 3. The molecule has 0 bridgehead atoms. The van der Waals surface area contributed by atoms with Crippen molar-refractivity contribution < 1.29 is 9.59 Å². The number of primary amides is 1. The Balaban J connectivity index is 1.82. The van der Waals surface area contributed by atoms with Gasteiger partial charge in [-0.1, -0.05) is 18.7 Å². The smallest absolute Gasteiger partial charge is 0.271 e. The van der Waals surface area contributed by atoms with Crippen molar-refractivity contribution in [2.45, 2.75) is 44.7 Å². The van der Waals surface area contributed by atoms with Crippen molar-refractivity contribution in [2.24, 2.45) is 5.73 Å². The number of rotatable bonds is 7. The number of nitrogens with one attached hydrogen (secondary N) is 2. The van der Waals surface area contributed by atoms with E-state index in [1.807, 2.05) is 43.1 Å². The van der Waals surface area contributed by atoms with Gasteiger partial charge < -0.3 is 21.3 Å². The molecule has 1 aliphatic carbocycles. The zero-order valence-electron chi connectivity index (χ0n) is 17.4. The fourth-order valence-corrected chi connectivity index (χ4v) is 3.77. The summed E-state index contributed by atoms with van der Waals surface area (Å²) in [6, 6.07) is 8.04. The van der Waals surface area contributed by atoms with Crippen molar-refractivity contribution in [2.75, 3.05) is 17.3 Å². The van der Waals surface area contributed by atoms with Gasteiger partial charge in [0.1, 0.15) is 5.82 Å². The van der Waals surface area contributed by atoms with Crippen LogP contribution in [-0.2, 0) is 4.79 Å². The highest BCUT2D eigenvalue weighted by atomic mass is 16.2. The fourth-order valence-electron chi connectivity index (χ4n) is 3.77. The van der Waals surface area contributed by atoms with Crippen molar-refractivity contribution >= 4 is 29.1 Å². The zero-order chi connectivity index (χ0) is 21.7. The minimum atomic E-state index is -0.642. The molecule has 1 aromatic heterocycles. The van der Waals surface area contributed by atoms with E-state index < -0.39 is 5.91 Å². The average molecular weight is 409 g/mol. The van der Waals surface area contributed by atoms with Crippen molar-refractivity contribution in [1.29, 1.82) is 0 Å². The van der Waals surface area contributed by atoms with E-state index in [4.69, 9.17) is 5.73 Å². The number of aryl methyl sites for hydroxylation is 1. The molecular weight excluding hydrogens is 380 g/mol. The number of carbonyl (C=O) groups excluding carboxylic acids is 2. The summed E-state index contributed by atoms with van der Waals surface area (Å²) in [5.74, 6) is 0.163. The Morgan fingerprint density at radius 2 is 2.13 bits per heavy atom. The second kappa shape index (κ2) is 9.39. The Bertz CT molecular complexity index is 945. The lowest BCUT2D eigenvalue weighted by atomic mass is 9.90. The molecule has 0 saturated heterocycles. The normalized spacial score (nSPS) is 18.3. The molecule has 1 saturated carbocycles. The Kier molecular flexibility index (Phi) is 6.66. The molecule has 1 aromatic carbocycles. The van der Waals surface area contributed by atoms with E-state index in [1.54, 1.807) is 6.20 Å². The lowest BCUT2D eigenvalue weighted by Crippen LogP contribution is -2.44. The zero-order valence-corrected chi connectivity index (χ0v) is 17.4. The van der Waals surface area contributed by atoms with Crippen LogP contribution >= 0.6 is 0 Å². The molecule has 1 fully saturated rings. The largest absolute Gasteiger partial charge is 0.364 e. The van der Waals surface area contributed by atoms with Gasteiger partial charge >= 0.3 is 0 Å². The van der Waals surface area contributed by atoms with Crippen LogP contribution in [0.5, 0.6) is 0 Å². The molecule has 2 aromatic rings. The molecule has 2 atom stereocenters. The van der Waals surface area contributed by atoms with Gasteiger partial charge in [-0.3, -0.25) is 9.59 Å². The molecule has 1 aliphatic rings. The third-order valence-electron chi connectivity index (χ3n) is 5.36. The van der Waals surface area contributed by atoms with E-state index in [9.17, 15) is 9.59 Å². The molecule has 1 unspecified atom stereocenters. The highest BCUT2D eigenvalue weighted by Crippen LogP contribution is 2.27. The monoisotopic (exact) mass is 408 g/mol. The number of nitrogens with zero attached hydrogens (tertiary/aromatic N) is 3. The molecule has 0 aliphatic heterocycles. The number of hydrogen-bond acceptors (Lipinski definition) is 6. The third-order valence-corrected chi connectivity index (χ3v) is 5.36. The number of hydrogen-bond donors (Lipinski definition) is 3. The van der Waals surface area contributed by atoms with Gasteiger partial charge in [-0.05, 0) is 56.4 Å². The molecule has 8 nitrogen and oxygen atoms in total. The van der Waals surface area contributed by atoms with Gasteiger partial charge in [0.05, 0.1) is 6.20 Å². The Morgan fingerprint density at radius 3 is 2.83 bits per heavy atom. The predicted octanol–water partition coefficient (Wildman–Crippen LogP) is 2.68. The topological polar surface area (TPSA) is 113 Å². The van der Waals surface area contributed by atoms with Gasteiger partial charge in [-0.25, -0.2) is 9.97 Å². The number of benzene rings is 1. The summed E-state index contributed by atoms with van der Waals surface area (Å²) in [6.45, 7) is 5.50. The Labute approximate surface area is 176 Å². The highest BCUT2D eigenvalue weighted by molar-refractivity contribution is 5.96. The van der Waals surface area contributed by atoms with E-state index in [-0.39, 0.29) is 23.7 Å². The molecule has 8 heteroatoms. The molecule has 1 heterocycles. The summed E-state index contributed by atoms with van der Waals surface area (Å²) in [4.78, 5) is 34.5. The van der Waals surface area contributed by atoms with E-state index in [1.165, 1.54) is 6.08 Å². The van der Waals surface area contributed by atoms with Crippen LogP contribution in [0.1, 0.15) is 41.7 Å². The first-order valence-corrected chi connectivity index (χ1v) is 10.0. The summed E-state index contributed by atoms with van der Waals surface area (Å²) in [5, 5.41) is 6.15. The Hall–Kier alpha value is -3.42. The predicted molar refractivity (Wildman–Crippen MR) is 118 cm³/mol. The minimum absolute atomic E-state index is 0.0911. The van der Waals surface area contributed by atoms with Crippen LogP contribution in [0.25, 0.3) is 0 Å². The van der Waals surface area contributed by atoms with Gasteiger partial charge in [0, 0.05) is 24.8 Å². The summed E-state index contributed by atoms with van der Waals surface area (Å²) in [6.07, 6.45) is 6.58. The molecule has 158 valence electrons. The first-order chi connectivity index (χ1) is 14.4. The van der Waals surface area contributed by atoms with Crippen LogP contribution in [0.4, 0.5) is 17.3 Å². The van der Waals surface area contributed by atoms with E-state index in [2.05, 4.69) is 27.2 Å². The van der Waals surface area contributed by atoms with Gasteiger partial charge in [0.2, 0.25) is 5.91 Å². The standard InChI is InChI=1S/C22H28N6O2/c1-4-19(29)25-16-9-6-10-17(12-16)28(3)18-13-24-20(21(23)30)22(27-18)26-15-8-5-7-14(2)11-15/h4-5,7-8,11,13,16-17H,1,6,9-10,12H2,2-3H3,(H2,23,30)(H,25,29)(H,26,27)/t16?,17-/m1/s1. The molecule has 2 amide bonds. The van der Waals surface area contributed by atoms with Crippen LogP contribution in [-0.4, -0.2) is 40.9 Å². The maximum atomic E-state index is 11.9. The Morgan fingerprint density at radius 1 is 1.33 bits per heavy atom. The van der Waals surface area contributed by atoms with Crippen LogP contribution < -0.4 is 21.3 Å². The molecular formula is C22H28N6O2. The van der Waals surface area contributed by atoms with Crippen molar-refractivity contribution in [1.82, 2.24) is 15.3 Å². The van der Waals surface area contributed by atoms with Gasteiger partial charge in [-0.2, -0.15) is 0 Å². The number of amides is 2. The number of nitrogens with two attached hydrogens (primary N) is 1. The van der Waals surface area contributed by atoms with Crippen molar-refractivity contribution in [3.63, 3.8) is 0 Å². The maximum Gasteiger partial charge on any atom is 0.271 e. The quantitative estimate of drug-likeness (QED) is 0.607. The van der Waals surface area contributed by atoms with Crippen molar-refractivity contribution in [3.8, 4) is 0 Å². The first-order valence-electron chi connectivity index (χ1n) is 10.0. The van der Waals surface area contributed by atoms with Crippen LogP contribution in [0.2, 0.25) is 0 Å². The lowest BCUT2D eigenvalue weighted by molar-refractivity contribution is -0.117. The summed E-state index contributed by atoms with van der Waals surface area (Å²) < 4.78 is 0. The fraction of sp³-hybridized carbons (Fsp3) is 0.364. The van der Waals surface area contributed by atoms with Gasteiger partial charge in [-0.15, -0.1) is 0 Å². The molecule has 0 radical (unpaired) electrons. The van der Waals surface area contributed by atoms with E-state index in [0.29, 0.717) is 11.6 Å². The third kappa shape index (κ3) is 5.14. The lowest BCUT2D eigenvalue weighted by Gasteiger charge is -2.36. The minimum Gasteiger partial charge on any atom is -0.364 e. The van der Waals surface area contributed by atoms with E-state index in [0.717, 1.165) is 36.9 Å². The summed E-state index contributed by atoms with van der Waals surface area (Å²) >= 11 is 0. The SMILES string of the molecule is C=CC(=O)NC1CCC[C@@H](N(C)c2cnc(C(N)=O)c(Nc3cccc(C)c3)n2)C1.